The highest BCUT2D eigenvalue weighted by Gasteiger charge is 2.25. The van der Waals surface area contributed by atoms with Crippen LogP contribution in [0.15, 0.2) is 24.3 Å². The molecule has 5 N–H and O–H groups in total. The van der Waals surface area contributed by atoms with E-state index in [1.165, 1.54) is 0 Å². The largest absolute Gasteiger partial charge is 0.481 e. The number of carbonyl (C=O) groups is 3. The monoisotopic (exact) mass is 293 g/mol. The van der Waals surface area contributed by atoms with E-state index >= 15 is 0 Å². The molecule has 0 heterocycles. The third kappa shape index (κ3) is 6.42. The zero-order chi connectivity index (χ0) is 16.0. The number of rotatable bonds is 6. The van der Waals surface area contributed by atoms with Crippen LogP contribution in [0.4, 0.5) is 16.2 Å². The van der Waals surface area contributed by atoms with Crippen LogP contribution < -0.4 is 16.4 Å². The van der Waals surface area contributed by atoms with E-state index in [9.17, 15) is 14.4 Å². The minimum Gasteiger partial charge on any atom is -0.481 e. The number of carbonyl (C=O) groups excluding carboxylic acids is 2. The van der Waals surface area contributed by atoms with Crippen molar-refractivity contribution < 1.29 is 19.5 Å². The van der Waals surface area contributed by atoms with Crippen molar-refractivity contribution in [2.45, 2.75) is 26.7 Å². The topological polar surface area (TPSA) is 122 Å². The second kappa shape index (κ2) is 6.74. The van der Waals surface area contributed by atoms with Crippen LogP contribution in [0.1, 0.15) is 26.7 Å². The molecule has 114 valence electrons. The molecule has 0 unspecified atom stereocenters. The second-order valence-electron chi connectivity index (χ2n) is 5.53. The van der Waals surface area contributed by atoms with E-state index in [0.717, 1.165) is 0 Å². The molecule has 7 heteroatoms. The molecule has 0 aliphatic rings. The Bertz CT molecular complexity index is 538. The summed E-state index contributed by atoms with van der Waals surface area (Å²) in [5.41, 5.74) is 5.44. The van der Waals surface area contributed by atoms with Crippen LogP contribution in [0.3, 0.4) is 0 Å². The molecule has 0 aliphatic heterocycles. The fourth-order valence-electron chi connectivity index (χ4n) is 1.89. The third-order valence-electron chi connectivity index (χ3n) is 2.71. The molecule has 1 aromatic rings. The number of hydrogen-bond acceptors (Lipinski definition) is 3. The smallest absolute Gasteiger partial charge is 0.316 e. The minimum absolute atomic E-state index is 0.0815. The molecule has 3 amide bonds. The number of anilines is 2. The average Bonchev–Trinajstić information content (AvgIpc) is 2.28. The van der Waals surface area contributed by atoms with E-state index in [1.807, 2.05) is 0 Å². The number of aliphatic carboxylic acids is 1. The van der Waals surface area contributed by atoms with Crippen LogP contribution in [-0.4, -0.2) is 23.0 Å². The number of carboxylic acid groups (broad SMARTS) is 1. The van der Waals surface area contributed by atoms with E-state index in [-0.39, 0.29) is 18.7 Å². The summed E-state index contributed by atoms with van der Waals surface area (Å²) in [7, 11) is 0. The molecule has 0 bridgehead atoms. The number of amides is 3. The molecule has 0 spiro atoms. The lowest BCUT2D eigenvalue weighted by Gasteiger charge is -2.21. The van der Waals surface area contributed by atoms with Gasteiger partial charge in [-0.25, -0.2) is 4.79 Å². The number of nitrogens with two attached hydrogens (primary N) is 1. The van der Waals surface area contributed by atoms with Crippen LogP contribution in [-0.2, 0) is 9.59 Å². The van der Waals surface area contributed by atoms with E-state index < -0.39 is 17.4 Å². The molecule has 0 saturated carbocycles. The summed E-state index contributed by atoms with van der Waals surface area (Å²) in [6, 6.07) is 5.77. The van der Waals surface area contributed by atoms with Gasteiger partial charge < -0.3 is 21.5 Å². The SMILES string of the molecule is CC(C)(CC(=O)O)CC(=O)Nc1ccc(NC(N)=O)cc1. The van der Waals surface area contributed by atoms with E-state index in [4.69, 9.17) is 10.8 Å². The van der Waals surface area contributed by atoms with Crippen molar-refractivity contribution in [2.24, 2.45) is 11.1 Å². The molecule has 0 atom stereocenters. The van der Waals surface area contributed by atoms with Crippen molar-refractivity contribution in [2.75, 3.05) is 10.6 Å². The maximum absolute atomic E-state index is 11.9. The molecule has 1 aromatic carbocycles. The fraction of sp³-hybridized carbons (Fsp3) is 0.357. The van der Waals surface area contributed by atoms with Gasteiger partial charge in [0.25, 0.3) is 0 Å². The van der Waals surface area contributed by atoms with Gasteiger partial charge in [-0.05, 0) is 29.7 Å². The Hall–Kier alpha value is -2.57. The zero-order valence-corrected chi connectivity index (χ0v) is 12.0. The summed E-state index contributed by atoms with van der Waals surface area (Å²) in [4.78, 5) is 33.3. The van der Waals surface area contributed by atoms with Gasteiger partial charge in [0.15, 0.2) is 0 Å². The summed E-state index contributed by atoms with van der Waals surface area (Å²) < 4.78 is 0. The Morgan fingerprint density at radius 1 is 1.05 bits per heavy atom. The Kier molecular flexibility index (Phi) is 5.29. The average molecular weight is 293 g/mol. The fourth-order valence-corrected chi connectivity index (χ4v) is 1.89. The van der Waals surface area contributed by atoms with Gasteiger partial charge in [-0.1, -0.05) is 13.8 Å². The van der Waals surface area contributed by atoms with Crippen molar-refractivity contribution in [3.05, 3.63) is 24.3 Å². The van der Waals surface area contributed by atoms with E-state index in [0.29, 0.717) is 11.4 Å². The van der Waals surface area contributed by atoms with Gasteiger partial charge in [-0.2, -0.15) is 0 Å². The molecule has 0 radical (unpaired) electrons. The summed E-state index contributed by atoms with van der Waals surface area (Å²) in [6.07, 6.45) is 0.0163. The predicted octanol–water partition coefficient (Wildman–Crippen LogP) is 2.01. The Morgan fingerprint density at radius 3 is 1.95 bits per heavy atom. The molecular formula is C14H19N3O4. The van der Waals surface area contributed by atoms with Gasteiger partial charge in [-0.15, -0.1) is 0 Å². The van der Waals surface area contributed by atoms with Gasteiger partial charge in [0.2, 0.25) is 5.91 Å². The molecule has 0 aromatic heterocycles. The number of hydrogen-bond donors (Lipinski definition) is 4. The first kappa shape index (κ1) is 16.5. The van der Waals surface area contributed by atoms with Gasteiger partial charge in [0.1, 0.15) is 0 Å². The molecule has 0 saturated heterocycles. The lowest BCUT2D eigenvalue weighted by atomic mass is 9.85. The molecule has 1 rings (SSSR count). The highest BCUT2D eigenvalue weighted by atomic mass is 16.4. The molecular weight excluding hydrogens is 274 g/mol. The van der Waals surface area contributed by atoms with Gasteiger partial charge >= 0.3 is 12.0 Å². The first-order valence-electron chi connectivity index (χ1n) is 6.36. The van der Waals surface area contributed by atoms with Crippen molar-refractivity contribution in [1.29, 1.82) is 0 Å². The second-order valence-corrected chi connectivity index (χ2v) is 5.53. The number of urea groups is 1. The quantitative estimate of drug-likeness (QED) is 0.640. The Morgan fingerprint density at radius 2 is 1.52 bits per heavy atom. The third-order valence-corrected chi connectivity index (χ3v) is 2.71. The first-order valence-corrected chi connectivity index (χ1v) is 6.36. The normalized spacial score (nSPS) is 10.8. The first-order chi connectivity index (χ1) is 9.68. The van der Waals surface area contributed by atoms with Crippen molar-refractivity contribution >= 4 is 29.3 Å². The number of primary amides is 1. The number of nitrogens with one attached hydrogen (secondary N) is 2. The molecule has 0 fully saturated rings. The van der Waals surface area contributed by atoms with Crippen molar-refractivity contribution in [1.82, 2.24) is 0 Å². The Labute approximate surface area is 122 Å². The summed E-state index contributed by atoms with van der Waals surface area (Å²) in [5, 5.41) is 13.9. The number of carboxylic acids is 1. The van der Waals surface area contributed by atoms with Crippen LogP contribution in [0.5, 0.6) is 0 Å². The number of benzene rings is 1. The summed E-state index contributed by atoms with van der Waals surface area (Å²) in [5.74, 6) is -1.20. The van der Waals surface area contributed by atoms with Gasteiger partial charge in [-0.3, -0.25) is 9.59 Å². The van der Waals surface area contributed by atoms with Crippen LogP contribution in [0.2, 0.25) is 0 Å². The molecule has 21 heavy (non-hydrogen) atoms. The van der Waals surface area contributed by atoms with Crippen molar-refractivity contribution in [3.8, 4) is 0 Å². The van der Waals surface area contributed by atoms with Gasteiger partial charge in [0.05, 0.1) is 6.42 Å². The van der Waals surface area contributed by atoms with Crippen molar-refractivity contribution in [3.63, 3.8) is 0 Å². The van der Waals surface area contributed by atoms with E-state index in [2.05, 4.69) is 10.6 Å². The lowest BCUT2D eigenvalue weighted by Crippen LogP contribution is -2.24. The zero-order valence-electron chi connectivity index (χ0n) is 12.0. The standard InChI is InChI=1S/C14H19N3O4/c1-14(2,8-12(19)20)7-11(18)16-9-3-5-10(6-4-9)17-13(15)21/h3-6H,7-8H2,1-2H3,(H,16,18)(H,19,20)(H3,15,17,21). The minimum atomic E-state index is -0.935. The molecule has 0 aliphatic carbocycles. The highest BCUT2D eigenvalue weighted by Crippen LogP contribution is 2.25. The summed E-state index contributed by atoms with van der Waals surface area (Å²) >= 11 is 0. The summed E-state index contributed by atoms with van der Waals surface area (Å²) in [6.45, 7) is 3.45. The Balaban J connectivity index is 2.58. The maximum Gasteiger partial charge on any atom is 0.316 e. The maximum atomic E-state index is 11.9. The highest BCUT2D eigenvalue weighted by molar-refractivity contribution is 5.92. The van der Waals surface area contributed by atoms with Crippen LogP contribution in [0, 0.1) is 5.41 Å². The predicted molar refractivity (Wildman–Crippen MR) is 78.9 cm³/mol. The van der Waals surface area contributed by atoms with Gasteiger partial charge in [0, 0.05) is 17.8 Å². The van der Waals surface area contributed by atoms with E-state index in [1.54, 1.807) is 38.1 Å². The molecule has 7 nitrogen and oxygen atoms in total. The lowest BCUT2D eigenvalue weighted by molar-refractivity contribution is -0.139. The van der Waals surface area contributed by atoms with Crippen LogP contribution >= 0.6 is 0 Å². The van der Waals surface area contributed by atoms with Crippen LogP contribution in [0.25, 0.3) is 0 Å².